The summed E-state index contributed by atoms with van der Waals surface area (Å²) < 4.78 is 0. The maximum Gasteiger partial charge on any atom is 0.190 e. The average Bonchev–Trinajstić information content (AvgIpc) is 2.85. The van der Waals surface area contributed by atoms with Crippen molar-refractivity contribution in [1.82, 2.24) is 20.4 Å². The van der Waals surface area contributed by atoms with Crippen molar-refractivity contribution in [2.45, 2.75) is 32.6 Å². The van der Waals surface area contributed by atoms with Crippen molar-refractivity contribution in [3.8, 4) is 0 Å². The van der Waals surface area contributed by atoms with Gasteiger partial charge in [0.05, 0.1) is 0 Å². The molecule has 26 heavy (non-hydrogen) atoms. The zero-order chi connectivity index (χ0) is 18.8. The number of aryl methyl sites for hydroxylation is 1. The summed E-state index contributed by atoms with van der Waals surface area (Å²) in [6.45, 7) is 12.3. The molecular formula is C21H37N5. The summed E-state index contributed by atoms with van der Waals surface area (Å²) >= 11 is 0. The number of hydrogen-bond acceptors (Lipinski definition) is 3. The molecule has 1 atom stereocenters. The van der Waals surface area contributed by atoms with Gasteiger partial charge in [-0.3, -0.25) is 4.99 Å². The number of nitrogens with one attached hydrogen (secondary N) is 2. The van der Waals surface area contributed by atoms with Gasteiger partial charge in [-0.2, -0.15) is 0 Å². The Morgan fingerprint density at radius 3 is 2.81 bits per heavy atom. The van der Waals surface area contributed by atoms with Gasteiger partial charge in [0.1, 0.15) is 0 Å². The van der Waals surface area contributed by atoms with Crippen LogP contribution in [0.5, 0.6) is 0 Å². The first-order valence-corrected chi connectivity index (χ1v) is 10.0. The number of aliphatic imine (C=N–C) groups is 1. The second-order valence-corrected chi connectivity index (χ2v) is 7.55. The minimum absolute atomic E-state index is 0.461. The van der Waals surface area contributed by atoms with E-state index in [1.807, 2.05) is 7.05 Å². The minimum atomic E-state index is 0.461. The summed E-state index contributed by atoms with van der Waals surface area (Å²) in [6, 6.07) is 8.75. The molecule has 1 unspecified atom stereocenters. The van der Waals surface area contributed by atoms with E-state index in [0.717, 1.165) is 32.0 Å². The number of hydrogen-bond donors (Lipinski definition) is 2. The lowest BCUT2D eigenvalue weighted by Gasteiger charge is -2.21. The van der Waals surface area contributed by atoms with Crippen LogP contribution in [0.2, 0.25) is 0 Å². The van der Waals surface area contributed by atoms with E-state index < -0.39 is 0 Å². The average molecular weight is 360 g/mol. The van der Waals surface area contributed by atoms with Crippen LogP contribution in [0, 0.1) is 6.92 Å². The van der Waals surface area contributed by atoms with Gasteiger partial charge in [0.25, 0.3) is 0 Å². The van der Waals surface area contributed by atoms with Crippen LogP contribution in [0.15, 0.2) is 29.3 Å². The largest absolute Gasteiger partial charge is 0.356 e. The number of guanidine groups is 1. The predicted molar refractivity (Wildman–Crippen MR) is 112 cm³/mol. The minimum Gasteiger partial charge on any atom is -0.356 e. The molecule has 1 aromatic rings. The monoisotopic (exact) mass is 359 g/mol. The molecule has 0 aliphatic carbocycles. The Bertz CT molecular complexity index is 557. The molecule has 1 fully saturated rings. The first kappa shape index (κ1) is 20.7. The van der Waals surface area contributed by atoms with Crippen molar-refractivity contribution < 1.29 is 0 Å². The molecule has 5 nitrogen and oxygen atoms in total. The number of nitrogens with zero attached hydrogens (tertiary/aromatic N) is 3. The highest BCUT2D eigenvalue weighted by atomic mass is 15.2. The van der Waals surface area contributed by atoms with Crippen LogP contribution in [-0.4, -0.2) is 75.7 Å². The molecule has 1 aliphatic rings. The standard InChI is InChI=1S/C21H37N5/c1-18-8-5-9-20(16-18)19(2)17-24-21(22-3)23-10-6-12-26-13-7-11-25(4)14-15-26/h5,8-9,16,19H,6-7,10-15,17H2,1-4H3,(H2,22,23,24). The quantitative estimate of drug-likeness (QED) is 0.445. The summed E-state index contributed by atoms with van der Waals surface area (Å²) in [5.74, 6) is 1.36. The highest BCUT2D eigenvalue weighted by Gasteiger charge is 2.11. The molecule has 0 amide bonds. The molecule has 1 aliphatic heterocycles. The van der Waals surface area contributed by atoms with E-state index in [1.54, 1.807) is 0 Å². The van der Waals surface area contributed by atoms with Crippen molar-refractivity contribution in [1.29, 1.82) is 0 Å². The maximum atomic E-state index is 4.35. The number of likely N-dealkylation sites (N-methyl/N-ethyl adjacent to an activating group) is 1. The van der Waals surface area contributed by atoms with Crippen LogP contribution in [0.25, 0.3) is 0 Å². The molecule has 2 rings (SSSR count). The van der Waals surface area contributed by atoms with E-state index in [-0.39, 0.29) is 0 Å². The second kappa shape index (κ2) is 11.2. The van der Waals surface area contributed by atoms with Crippen molar-refractivity contribution in [2.24, 2.45) is 4.99 Å². The molecule has 0 spiro atoms. The van der Waals surface area contributed by atoms with Crippen molar-refractivity contribution in [2.75, 3.05) is 59.9 Å². The van der Waals surface area contributed by atoms with E-state index in [4.69, 9.17) is 0 Å². The molecule has 1 saturated heterocycles. The van der Waals surface area contributed by atoms with Crippen LogP contribution in [0.3, 0.4) is 0 Å². The number of rotatable bonds is 7. The van der Waals surface area contributed by atoms with Crippen molar-refractivity contribution in [3.63, 3.8) is 0 Å². The maximum absolute atomic E-state index is 4.35. The molecule has 1 aromatic carbocycles. The molecule has 5 heteroatoms. The van der Waals surface area contributed by atoms with Gasteiger partial charge in [0.15, 0.2) is 5.96 Å². The molecule has 146 valence electrons. The Morgan fingerprint density at radius 2 is 2.04 bits per heavy atom. The van der Waals surface area contributed by atoms with E-state index in [2.05, 4.69) is 70.6 Å². The zero-order valence-corrected chi connectivity index (χ0v) is 17.1. The fourth-order valence-corrected chi connectivity index (χ4v) is 3.40. The van der Waals surface area contributed by atoms with Crippen molar-refractivity contribution >= 4 is 5.96 Å². The Morgan fingerprint density at radius 1 is 1.19 bits per heavy atom. The van der Waals surface area contributed by atoms with Crippen LogP contribution in [-0.2, 0) is 0 Å². The van der Waals surface area contributed by atoms with E-state index >= 15 is 0 Å². The third-order valence-electron chi connectivity index (χ3n) is 5.17. The van der Waals surface area contributed by atoms with E-state index in [9.17, 15) is 0 Å². The van der Waals surface area contributed by atoms with E-state index in [0.29, 0.717) is 5.92 Å². The highest BCUT2D eigenvalue weighted by Crippen LogP contribution is 2.15. The molecule has 0 radical (unpaired) electrons. The van der Waals surface area contributed by atoms with Gasteiger partial charge in [-0.1, -0.05) is 36.8 Å². The van der Waals surface area contributed by atoms with Gasteiger partial charge in [-0.15, -0.1) is 0 Å². The zero-order valence-electron chi connectivity index (χ0n) is 17.1. The van der Waals surface area contributed by atoms with Crippen LogP contribution in [0.1, 0.15) is 36.8 Å². The summed E-state index contributed by atoms with van der Waals surface area (Å²) in [4.78, 5) is 9.37. The molecule has 0 aromatic heterocycles. The first-order chi connectivity index (χ1) is 12.6. The third-order valence-corrected chi connectivity index (χ3v) is 5.17. The normalized spacial score (nSPS) is 18.4. The molecule has 2 N–H and O–H groups in total. The van der Waals surface area contributed by atoms with Gasteiger partial charge >= 0.3 is 0 Å². The Balaban J connectivity index is 1.64. The van der Waals surface area contributed by atoms with Crippen molar-refractivity contribution in [3.05, 3.63) is 35.4 Å². The van der Waals surface area contributed by atoms with Gasteiger partial charge in [-0.25, -0.2) is 0 Å². The fraction of sp³-hybridized carbons (Fsp3) is 0.667. The molecule has 0 saturated carbocycles. The molecular weight excluding hydrogens is 322 g/mol. The number of benzene rings is 1. The van der Waals surface area contributed by atoms with Gasteiger partial charge in [0, 0.05) is 33.2 Å². The molecule has 1 heterocycles. The lowest BCUT2D eigenvalue weighted by Crippen LogP contribution is -2.40. The second-order valence-electron chi connectivity index (χ2n) is 7.55. The summed E-state index contributed by atoms with van der Waals surface area (Å²) in [5, 5.41) is 6.91. The summed E-state index contributed by atoms with van der Waals surface area (Å²) in [5.41, 5.74) is 2.69. The topological polar surface area (TPSA) is 42.9 Å². The highest BCUT2D eigenvalue weighted by molar-refractivity contribution is 5.79. The van der Waals surface area contributed by atoms with Crippen LogP contribution in [0.4, 0.5) is 0 Å². The first-order valence-electron chi connectivity index (χ1n) is 10.0. The Kier molecular flexibility index (Phi) is 8.92. The lowest BCUT2D eigenvalue weighted by molar-refractivity contribution is 0.274. The lowest BCUT2D eigenvalue weighted by atomic mass is 9.99. The Hall–Kier alpha value is -1.59. The van der Waals surface area contributed by atoms with Gasteiger partial charge < -0.3 is 20.4 Å². The van der Waals surface area contributed by atoms with Gasteiger partial charge in [-0.05, 0) is 57.9 Å². The van der Waals surface area contributed by atoms with E-state index in [1.165, 1.54) is 43.7 Å². The SMILES string of the molecule is CN=C(NCCCN1CCCN(C)CC1)NCC(C)c1cccc(C)c1. The predicted octanol–water partition coefficient (Wildman–Crippen LogP) is 2.29. The summed E-state index contributed by atoms with van der Waals surface area (Å²) in [7, 11) is 4.07. The van der Waals surface area contributed by atoms with Crippen LogP contribution < -0.4 is 10.6 Å². The summed E-state index contributed by atoms with van der Waals surface area (Å²) in [6.07, 6.45) is 2.43. The van der Waals surface area contributed by atoms with Gasteiger partial charge in [0.2, 0.25) is 0 Å². The third kappa shape index (κ3) is 7.34. The Labute approximate surface area is 159 Å². The fourth-order valence-electron chi connectivity index (χ4n) is 3.40. The van der Waals surface area contributed by atoms with Crippen LogP contribution >= 0.6 is 0 Å². The molecule has 0 bridgehead atoms. The smallest absolute Gasteiger partial charge is 0.190 e.